The molecule has 6 nitrogen and oxygen atoms in total. The third kappa shape index (κ3) is 5.44. The third-order valence-corrected chi connectivity index (χ3v) is 6.07. The van der Waals surface area contributed by atoms with E-state index in [1.54, 1.807) is 27.6 Å². The second kappa shape index (κ2) is 11.2. The number of anilines is 2. The summed E-state index contributed by atoms with van der Waals surface area (Å²) in [6, 6.07) is 32.1. The number of benzene rings is 3. The SMILES string of the molecule is CC[C@@H](CNC(=O)N(c1ccccc1)c1ccccc1)N(C)C(=O)n1cccc1-c1ccccc1. The summed E-state index contributed by atoms with van der Waals surface area (Å²) >= 11 is 0. The molecule has 3 aromatic carbocycles. The minimum Gasteiger partial charge on any atom is -0.335 e. The Balaban J connectivity index is 1.49. The van der Waals surface area contributed by atoms with Crippen molar-refractivity contribution in [1.29, 1.82) is 0 Å². The summed E-state index contributed by atoms with van der Waals surface area (Å²) in [5.41, 5.74) is 3.35. The molecule has 0 aliphatic rings. The molecule has 3 amide bonds. The van der Waals surface area contributed by atoms with Crippen LogP contribution in [0.3, 0.4) is 0 Å². The minimum absolute atomic E-state index is 0.141. The first-order valence-corrected chi connectivity index (χ1v) is 11.8. The van der Waals surface area contributed by atoms with E-state index in [9.17, 15) is 9.59 Å². The second-order valence-corrected chi connectivity index (χ2v) is 8.28. The Morgan fingerprint density at radius 2 is 1.34 bits per heavy atom. The van der Waals surface area contributed by atoms with Crippen molar-refractivity contribution in [1.82, 2.24) is 14.8 Å². The average Bonchev–Trinajstić information content (AvgIpc) is 3.40. The van der Waals surface area contributed by atoms with E-state index in [1.807, 2.05) is 110 Å². The number of nitrogens with one attached hydrogen (secondary N) is 1. The Bertz CT molecular complexity index is 1200. The van der Waals surface area contributed by atoms with Crippen molar-refractivity contribution in [3.8, 4) is 11.3 Å². The highest BCUT2D eigenvalue weighted by molar-refractivity contribution is 5.99. The number of para-hydroxylation sites is 2. The zero-order chi connectivity index (χ0) is 24.6. The zero-order valence-electron chi connectivity index (χ0n) is 20.0. The smallest absolute Gasteiger partial charge is 0.328 e. The number of nitrogens with zero attached hydrogens (tertiary/aromatic N) is 3. The highest BCUT2D eigenvalue weighted by atomic mass is 16.2. The lowest BCUT2D eigenvalue weighted by Crippen LogP contribution is -2.48. The number of hydrogen-bond acceptors (Lipinski definition) is 2. The third-order valence-electron chi connectivity index (χ3n) is 6.07. The Morgan fingerprint density at radius 1 is 0.800 bits per heavy atom. The largest absolute Gasteiger partial charge is 0.335 e. The van der Waals surface area contributed by atoms with Gasteiger partial charge in [0.2, 0.25) is 0 Å². The molecule has 4 rings (SSSR count). The number of likely N-dealkylation sites (N-methyl/N-ethyl adjacent to an activating group) is 1. The summed E-state index contributed by atoms with van der Waals surface area (Å²) in [7, 11) is 1.78. The van der Waals surface area contributed by atoms with Crippen LogP contribution in [-0.4, -0.2) is 41.2 Å². The van der Waals surface area contributed by atoms with Crippen LogP contribution in [0.1, 0.15) is 13.3 Å². The lowest BCUT2D eigenvalue weighted by Gasteiger charge is -2.30. The summed E-state index contributed by atoms with van der Waals surface area (Å²) in [4.78, 5) is 30.1. The van der Waals surface area contributed by atoms with Crippen LogP contribution in [-0.2, 0) is 0 Å². The van der Waals surface area contributed by atoms with E-state index in [0.29, 0.717) is 13.0 Å². The zero-order valence-corrected chi connectivity index (χ0v) is 20.0. The van der Waals surface area contributed by atoms with Gasteiger partial charge in [-0.05, 0) is 48.4 Å². The number of aromatic nitrogens is 1. The number of carbonyl (C=O) groups is 2. The van der Waals surface area contributed by atoms with Gasteiger partial charge in [0.05, 0.1) is 23.1 Å². The number of amides is 3. The molecule has 0 bridgehead atoms. The predicted octanol–water partition coefficient (Wildman–Crippen LogP) is 6.38. The van der Waals surface area contributed by atoms with Crippen LogP contribution in [0.25, 0.3) is 11.3 Å². The molecule has 1 heterocycles. The molecule has 1 aromatic heterocycles. The van der Waals surface area contributed by atoms with Crippen LogP contribution in [0.5, 0.6) is 0 Å². The monoisotopic (exact) mass is 466 g/mol. The van der Waals surface area contributed by atoms with Crippen molar-refractivity contribution in [3.05, 3.63) is 109 Å². The van der Waals surface area contributed by atoms with Crippen molar-refractivity contribution in [2.75, 3.05) is 18.5 Å². The first kappa shape index (κ1) is 23.8. The topological polar surface area (TPSA) is 57.6 Å². The molecular formula is C29H30N4O2. The van der Waals surface area contributed by atoms with Crippen LogP contribution >= 0.6 is 0 Å². The molecule has 0 unspecified atom stereocenters. The van der Waals surface area contributed by atoms with Gasteiger partial charge < -0.3 is 10.2 Å². The highest BCUT2D eigenvalue weighted by Gasteiger charge is 2.24. The molecular weight excluding hydrogens is 436 g/mol. The maximum absolute atomic E-state index is 13.4. The molecule has 1 atom stereocenters. The van der Waals surface area contributed by atoms with Crippen LogP contribution in [0, 0.1) is 0 Å². The van der Waals surface area contributed by atoms with Crippen LogP contribution < -0.4 is 10.2 Å². The van der Waals surface area contributed by atoms with Gasteiger partial charge in [-0.15, -0.1) is 0 Å². The first-order valence-electron chi connectivity index (χ1n) is 11.8. The Kier molecular flexibility index (Phi) is 7.63. The van der Waals surface area contributed by atoms with E-state index in [-0.39, 0.29) is 18.1 Å². The minimum atomic E-state index is -0.243. The fourth-order valence-corrected chi connectivity index (χ4v) is 4.10. The molecule has 0 radical (unpaired) electrons. The van der Waals surface area contributed by atoms with E-state index in [4.69, 9.17) is 0 Å². The predicted molar refractivity (Wildman–Crippen MR) is 141 cm³/mol. The second-order valence-electron chi connectivity index (χ2n) is 8.28. The summed E-state index contributed by atoms with van der Waals surface area (Å²) in [5, 5.41) is 3.04. The molecule has 0 fully saturated rings. The molecule has 0 aliphatic heterocycles. The molecule has 0 spiro atoms. The van der Waals surface area contributed by atoms with Crippen LogP contribution in [0.15, 0.2) is 109 Å². The van der Waals surface area contributed by atoms with Gasteiger partial charge in [0.1, 0.15) is 0 Å². The lowest BCUT2D eigenvalue weighted by atomic mass is 10.1. The van der Waals surface area contributed by atoms with E-state index in [0.717, 1.165) is 22.6 Å². The molecule has 6 heteroatoms. The summed E-state index contributed by atoms with van der Waals surface area (Å²) in [6.45, 7) is 2.34. The van der Waals surface area contributed by atoms with E-state index < -0.39 is 0 Å². The fraction of sp³-hybridized carbons (Fsp3) is 0.172. The van der Waals surface area contributed by atoms with Gasteiger partial charge in [-0.3, -0.25) is 9.47 Å². The summed E-state index contributed by atoms with van der Waals surface area (Å²) in [6.07, 6.45) is 2.47. The molecule has 4 aromatic rings. The Labute approximate surface area is 206 Å². The van der Waals surface area contributed by atoms with Crippen molar-refractivity contribution in [2.24, 2.45) is 0 Å². The number of urea groups is 1. The average molecular weight is 467 g/mol. The Morgan fingerprint density at radius 3 is 1.89 bits per heavy atom. The number of hydrogen-bond donors (Lipinski definition) is 1. The number of rotatable bonds is 7. The van der Waals surface area contributed by atoms with E-state index >= 15 is 0 Å². The van der Waals surface area contributed by atoms with Crippen LogP contribution in [0.2, 0.25) is 0 Å². The van der Waals surface area contributed by atoms with Gasteiger partial charge >= 0.3 is 12.1 Å². The molecule has 0 aliphatic carbocycles. The first-order chi connectivity index (χ1) is 17.1. The molecule has 35 heavy (non-hydrogen) atoms. The Hall–Kier alpha value is -4.32. The molecule has 0 saturated heterocycles. The maximum Gasteiger partial charge on any atom is 0.328 e. The molecule has 178 valence electrons. The summed E-state index contributed by atoms with van der Waals surface area (Å²) in [5.74, 6) is 0. The summed E-state index contributed by atoms with van der Waals surface area (Å²) < 4.78 is 1.65. The van der Waals surface area contributed by atoms with Gasteiger partial charge in [-0.25, -0.2) is 9.59 Å². The number of carbonyl (C=O) groups excluding carboxylic acids is 2. The van der Waals surface area contributed by atoms with Crippen molar-refractivity contribution >= 4 is 23.4 Å². The lowest BCUT2D eigenvalue weighted by molar-refractivity contribution is 0.188. The quantitative estimate of drug-likeness (QED) is 0.343. The standard InChI is InChI=1S/C29H30N4O2/c1-3-24(31(2)29(35)32-21-13-20-27(32)23-14-7-4-8-15-23)22-30-28(34)33(25-16-9-5-10-17-25)26-18-11-6-12-19-26/h4-21,24H,3,22H2,1-2H3,(H,30,34)/t24-/m0/s1. The maximum atomic E-state index is 13.4. The molecule has 1 N–H and O–H groups in total. The van der Waals surface area contributed by atoms with Crippen LogP contribution in [0.4, 0.5) is 21.0 Å². The van der Waals surface area contributed by atoms with Gasteiger partial charge in [0.25, 0.3) is 0 Å². The highest BCUT2D eigenvalue weighted by Crippen LogP contribution is 2.25. The van der Waals surface area contributed by atoms with Crippen molar-refractivity contribution < 1.29 is 9.59 Å². The molecule has 0 saturated carbocycles. The van der Waals surface area contributed by atoms with Gasteiger partial charge in [0, 0.05) is 19.8 Å². The van der Waals surface area contributed by atoms with Gasteiger partial charge in [-0.1, -0.05) is 73.7 Å². The van der Waals surface area contributed by atoms with E-state index in [2.05, 4.69) is 5.32 Å². The van der Waals surface area contributed by atoms with E-state index in [1.165, 1.54) is 0 Å². The normalized spacial score (nSPS) is 11.5. The van der Waals surface area contributed by atoms with Gasteiger partial charge in [-0.2, -0.15) is 0 Å². The van der Waals surface area contributed by atoms with Gasteiger partial charge in [0.15, 0.2) is 0 Å². The van der Waals surface area contributed by atoms with Crippen molar-refractivity contribution in [2.45, 2.75) is 19.4 Å². The van der Waals surface area contributed by atoms with Crippen molar-refractivity contribution in [3.63, 3.8) is 0 Å². The fourth-order valence-electron chi connectivity index (χ4n) is 4.10.